The molecular weight excluding hydrogens is 256 g/mol. The summed E-state index contributed by atoms with van der Waals surface area (Å²) in [5, 5.41) is 0. The highest BCUT2D eigenvalue weighted by atomic mass is 15.2. The van der Waals surface area contributed by atoms with Crippen molar-refractivity contribution in [1.29, 1.82) is 0 Å². The molecule has 0 radical (unpaired) electrons. The number of piperidine rings is 1. The molecular formula is C19H32N2. The number of hydrogen-bond donors (Lipinski definition) is 1. The molecule has 0 amide bonds. The summed E-state index contributed by atoms with van der Waals surface area (Å²) in [4.78, 5) is 2.62. The lowest BCUT2D eigenvalue weighted by atomic mass is 9.86. The first kappa shape index (κ1) is 16.5. The maximum Gasteiger partial charge on any atom is 0.0343 e. The quantitative estimate of drug-likeness (QED) is 0.893. The molecule has 0 aromatic heterocycles. The highest BCUT2D eigenvalue weighted by Crippen LogP contribution is 2.27. The summed E-state index contributed by atoms with van der Waals surface area (Å²) >= 11 is 0. The lowest BCUT2D eigenvalue weighted by Crippen LogP contribution is -2.56. The number of nitrogens with two attached hydrogens (primary N) is 1. The summed E-state index contributed by atoms with van der Waals surface area (Å²) in [6.07, 6.45) is 3.72. The minimum Gasteiger partial charge on any atom is -0.329 e. The van der Waals surface area contributed by atoms with Crippen molar-refractivity contribution in [3.05, 3.63) is 35.4 Å². The van der Waals surface area contributed by atoms with Gasteiger partial charge in [0.15, 0.2) is 0 Å². The Bertz CT molecular complexity index is 437. The zero-order valence-corrected chi connectivity index (χ0v) is 14.2. The first-order valence-corrected chi connectivity index (χ1v) is 8.48. The van der Waals surface area contributed by atoms with Crippen LogP contribution in [-0.4, -0.2) is 30.1 Å². The predicted octanol–water partition coefficient (Wildman–Crippen LogP) is 3.80. The van der Waals surface area contributed by atoms with E-state index in [4.69, 9.17) is 5.73 Å². The second kappa shape index (κ2) is 6.93. The summed E-state index contributed by atoms with van der Waals surface area (Å²) in [5.74, 6) is 1.40. The number of hydrogen-bond acceptors (Lipinski definition) is 2. The van der Waals surface area contributed by atoms with Crippen molar-refractivity contribution in [1.82, 2.24) is 4.90 Å². The van der Waals surface area contributed by atoms with Crippen molar-refractivity contribution in [2.75, 3.05) is 19.6 Å². The fourth-order valence-electron chi connectivity index (χ4n) is 3.45. The fourth-order valence-corrected chi connectivity index (χ4v) is 3.45. The highest BCUT2D eigenvalue weighted by molar-refractivity contribution is 5.26. The van der Waals surface area contributed by atoms with Gasteiger partial charge in [0.05, 0.1) is 0 Å². The molecule has 21 heavy (non-hydrogen) atoms. The molecule has 1 saturated heterocycles. The minimum absolute atomic E-state index is 0.0913. The summed E-state index contributed by atoms with van der Waals surface area (Å²) in [6, 6.07) is 9.12. The smallest absolute Gasteiger partial charge is 0.0343 e. The topological polar surface area (TPSA) is 29.3 Å². The number of rotatable bonds is 5. The van der Waals surface area contributed by atoms with Crippen molar-refractivity contribution >= 4 is 0 Å². The van der Waals surface area contributed by atoms with E-state index in [1.807, 2.05) is 0 Å². The molecule has 118 valence electrons. The van der Waals surface area contributed by atoms with Crippen molar-refractivity contribution < 1.29 is 0 Å². The Labute approximate surface area is 130 Å². The molecule has 2 heteroatoms. The molecule has 2 nitrogen and oxygen atoms in total. The van der Waals surface area contributed by atoms with E-state index in [0.29, 0.717) is 5.92 Å². The van der Waals surface area contributed by atoms with E-state index in [0.717, 1.165) is 18.9 Å². The molecule has 1 heterocycles. The van der Waals surface area contributed by atoms with Crippen LogP contribution in [-0.2, 0) is 6.42 Å². The maximum absolute atomic E-state index is 6.17. The molecule has 2 unspecified atom stereocenters. The van der Waals surface area contributed by atoms with Gasteiger partial charge in [-0.15, -0.1) is 0 Å². The zero-order chi connectivity index (χ0) is 15.5. The fraction of sp³-hybridized carbons (Fsp3) is 0.684. The van der Waals surface area contributed by atoms with Crippen LogP contribution in [0.15, 0.2) is 24.3 Å². The summed E-state index contributed by atoms with van der Waals surface area (Å²) < 4.78 is 0. The Hall–Kier alpha value is -0.860. The van der Waals surface area contributed by atoms with E-state index < -0.39 is 0 Å². The highest BCUT2D eigenvalue weighted by Gasteiger charge is 2.33. The van der Waals surface area contributed by atoms with E-state index in [1.54, 1.807) is 0 Å². The van der Waals surface area contributed by atoms with Crippen molar-refractivity contribution in [3.8, 4) is 0 Å². The van der Waals surface area contributed by atoms with Crippen LogP contribution < -0.4 is 5.73 Å². The standard InChI is InChI=1S/C19H32N2/c1-15(2)18-9-7-17(8-10-18)12-19(4,14-20)21-11-5-6-16(3)13-21/h7-10,15-16H,5-6,11-14,20H2,1-4H3. The van der Waals surface area contributed by atoms with Crippen LogP contribution in [0.1, 0.15) is 57.6 Å². The SMILES string of the molecule is CC1CCCN(C(C)(CN)Cc2ccc(C(C)C)cc2)C1. The van der Waals surface area contributed by atoms with Gasteiger partial charge in [-0.25, -0.2) is 0 Å². The molecule has 2 atom stereocenters. The Balaban J connectivity index is 2.09. The third-order valence-corrected chi connectivity index (χ3v) is 5.09. The molecule has 0 bridgehead atoms. The lowest BCUT2D eigenvalue weighted by Gasteiger charge is -2.45. The molecule has 2 N–H and O–H groups in total. The van der Waals surface area contributed by atoms with Gasteiger partial charge in [0.25, 0.3) is 0 Å². The molecule has 1 aromatic rings. The molecule has 0 saturated carbocycles. The van der Waals surface area contributed by atoms with E-state index in [2.05, 4.69) is 56.9 Å². The summed E-state index contributed by atoms with van der Waals surface area (Å²) in [5.41, 5.74) is 9.08. The zero-order valence-electron chi connectivity index (χ0n) is 14.2. The van der Waals surface area contributed by atoms with Gasteiger partial charge in [0, 0.05) is 18.6 Å². The normalized spacial score (nSPS) is 23.2. The molecule has 1 aliphatic rings. The van der Waals surface area contributed by atoms with Crippen LogP contribution in [0.5, 0.6) is 0 Å². The molecule has 1 aliphatic heterocycles. The third kappa shape index (κ3) is 4.08. The Morgan fingerprint density at radius 1 is 1.29 bits per heavy atom. The van der Waals surface area contributed by atoms with Gasteiger partial charge in [-0.1, -0.05) is 45.0 Å². The third-order valence-electron chi connectivity index (χ3n) is 5.09. The largest absolute Gasteiger partial charge is 0.329 e. The van der Waals surface area contributed by atoms with Crippen LogP contribution in [0, 0.1) is 5.92 Å². The van der Waals surface area contributed by atoms with Crippen molar-refractivity contribution in [2.45, 2.75) is 58.4 Å². The van der Waals surface area contributed by atoms with Gasteiger partial charge in [-0.3, -0.25) is 4.90 Å². The first-order chi connectivity index (χ1) is 9.94. The Morgan fingerprint density at radius 2 is 1.95 bits per heavy atom. The van der Waals surface area contributed by atoms with Crippen LogP contribution in [0.2, 0.25) is 0 Å². The molecule has 2 rings (SSSR count). The Kier molecular flexibility index (Phi) is 5.45. The van der Waals surface area contributed by atoms with E-state index >= 15 is 0 Å². The van der Waals surface area contributed by atoms with E-state index in [1.165, 1.54) is 37.1 Å². The van der Waals surface area contributed by atoms with Gasteiger partial charge in [0.2, 0.25) is 0 Å². The molecule has 0 spiro atoms. The van der Waals surface area contributed by atoms with Crippen LogP contribution in [0.3, 0.4) is 0 Å². The maximum atomic E-state index is 6.17. The van der Waals surface area contributed by atoms with Crippen LogP contribution >= 0.6 is 0 Å². The van der Waals surface area contributed by atoms with Gasteiger partial charge < -0.3 is 5.73 Å². The summed E-state index contributed by atoms with van der Waals surface area (Å²) in [7, 11) is 0. The second-order valence-corrected chi connectivity index (χ2v) is 7.47. The van der Waals surface area contributed by atoms with Crippen molar-refractivity contribution in [3.63, 3.8) is 0 Å². The predicted molar refractivity (Wildman–Crippen MR) is 91.7 cm³/mol. The van der Waals surface area contributed by atoms with E-state index in [-0.39, 0.29) is 5.54 Å². The minimum atomic E-state index is 0.0913. The van der Waals surface area contributed by atoms with Gasteiger partial charge >= 0.3 is 0 Å². The average Bonchev–Trinajstić information content (AvgIpc) is 2.47. The number of nitrogens with zero attached hydrogens (tertiary/aromatic N) is 1. The van der Waals surface area contributed by atoms with Gasteiger partial charge in [0.1, 0.15) is 0 Å². The monoisotopic (exact) mass is 288 g/mol. The first-order valence-electron chi connectivity index (χ1n) is 8.48. The molecule has 1 fully saturated rings. The molecule has 1 aromatic carbocycles. The number of benzene rings is 1. The second-order valence-electron chi connectivity index (χ2n) is 7.47. The lowest BCUT2D eigenvalue weighted by molar-refractivity contribution is 0.0641. The number of likely N-dealkylation sites (tertiary alicyclic amines) is 1. The molecule has 0 aliphatic carbocycles. The van der Waals surface area contributed by atoms with Gasteiger partial charge in [-0.2, -0.15) is 0 Å². The summed E-state index contributed by atoms with van der Waals surface area (Å²) in [6.45, 7) is 12.3. The van der Waals surface area contributed by atoms with E-state index in [9.17, 15) is 0 Å². The van der Waals surface area contributed by atoms with Gasteiger partial charge in [-0.05, 0) is 55.7 Å². The Morgan fingerprint density at radius 3 is 2.48 bits per heavy atom. The van der Waals surface area contributed by atoms with Crippen LogP contribution in [0.25, 0.3) is 0 Å². The van der Waals surface area contributed by atoms with Crippen molar-refractivity contribution in [2.24, 2.45) is 11.7 Å². The van der Waals surface area contributed by atoms with Crippen LogP contribution in [0.4, 0.5) is 0 Å². The average molecular weight is 288 g/mol.